The van der Waals surface area contributed by atoms with Gasteiger partial charge in [-0.2, -0.15) is 0 Å². The molecule has 1 amide bonds. The van der Waals surface area contributed by atoms with Crippen LogP contribution in [0, 0.1) is 18.7 Å². The number of aryl methyl sites for hydroxylation is 1. The van der Waals surface area contributed by atoms with Crippen LogP contribution < -0.4 is 5.73 Å². The number of hydrogen-bond acceptors (Lipinski definition) is 5. The summed E-state index contributed by atoms with van der Waals surface area (Å²) in [5, 5.41) is 4.61. The molecule has 2 N–H and O–H groups in total. The van der Waals surface area contributed by atoms with Crippen LogP contribution in [-0.4, -0.2) is 40.1 Å². The first-order chi connectivity index (χ1) is 13.4. The van der Waals surface area contributed by atoms with Crippen LogP contribution in [0.4, 0.5) is 4.39 Å². The molecule has 2 aromatic heterocycles. The lowest BCUT2D eigenvalue weighted by Crippen LogP contribution is -2.45. The number of benzene rings is 1. The first-order valence-electron chi connectivity index (χ1n) is 9.52. The van der Waals surface area contributed by atoms with E-state index in [0.29, 0.717) is 46.7 Å². The van der Waals surface area contributed by atoms with Crippen LogP contribution in [0.5, 0.6) is 0 Å². The van der Waals surface area contributed by atoms with Gasteiger partial charge in [0.2, 0.25) is 0 Å². The number of carbonyl (C=O) groups is 1. The molecule has 2 unspecified atom stereocenters. The highest BCUT2D eigenvalue weighted by Crippen LogP contribution is 2.29. The summed E-state index contributed by atoms with van der Waals surface area (Å²) in [5.74, 6) is -0.116. The first kappa shape index (κ1) is 18.6. The maximum absolute atomic E-state index is 13.4. The number of piperidine rings is 1. The standard InChI is InChI=1S/C21H23FN4O2/c1-12(23)15-4-3-9-26(11-15)21(27)17-10-18(14-5-7-16(22)8-6-14)24-20-19(17)13(2)25-28-20/h5-8,10,12,15H,3-4,9,11,23H2,1-2H3. The molecule has 1 aliphatic heterocycles. The van der Waals surface area contributed by atoms with Crippen LogP contribution in [0.1, 0.15) is 35.8 Å². The van der Waals surface area contributed by atoms with E-state index in [1.54, 1.807) is 25.1 Å². The summed E-state index contributed by atoms with van der Waals surface area (Å²) in [6.07, 6.45) is 1.96. The van der Waals surface area contributed by atoms with Crippen LogP contribution in [-0.2, 0) is 0 Å². The zero-order chi connectivity index (χ0) is 19.8. The third-order valence-electron chi connectivity index (χ3n) is 5.48. The molecule has 28 heavy (non-hydrogen) atoms. The fraction of sp³-hybridized carbons (Fsp3) is 0.381. The van der Waals surface area contributed by atoms with Crippen LogP contribution in [0.25, 0.3) is 22.4 Å². The molecule has 0 saturated carbocycles. The smallest absolute Gasteiger partial charge is 0.259 e. The maximum atomic E-state index is 13.4. The van der Waals surface area contributed by atoms with Crippen molar-refractivity contribution in [3.8, 4) is 11.3 Å². The number of likely N-dealkylation sites (tertiary alicyclic amines) is 1. The first-order valence-corrected chi connectivity index (χ1v) is 9.52. The maximum Gasteiger partial charge on any atom is 0.259 e. The van der Waals surface area contributed by atoms with E-state index in [1.165, 1.54) is 12.1 Å². The van der Waals surface area contributed by atoms with Gasteiger partial charge in [-0.3, -0.25) is 4.79 Å². The lowest BCUT2D eigenvalue weighted by atomic mass is 9.91. The van der Waals surface area contributed by atoms with Crippen LogP contribution in [0.2, 0.25) is 0 Å². The molecule has 146 valence electrons. The number of hydrogen-bond donors (Lipinski definition) is 1. The summed E-state index contributed by atoms with van der Waals surface area (Å²) < 4.78 is 18.6. The van der Waals surface area contributed by atoms with E-state index in [-0.39, 0.29) is 23.7 Å². The Kier molecular flexibility index (Phi) is 4.85. The summed E-state index contributed by atoms with van der Waals surface area (Å²) in [7, 11) is 0. The third kappa shape index (κ3) is 3.38. The summed E-state index contributed by atoms with van der Waals surface area (Å²) in [6.45, 7) is 5.11. The van der Waals surface area contributed by atoms with Crippen molar-refractivity contribution < 1.29 is 13.7 Å². The minimum absolute atomic E-state index is 0.0418. The van der Waals surface area contributed by atoms with Gasteiger partial charge in [-0.25, -0.2) is 9.37 Å². The van der Waals surface area contributed by atoms with E-state index in [1.807, 2.05) is 11.8 Å². The number of aromatic nitrogens is 2. The van der Waals surface area contributed by atoms with Crippen molar-refractivity contribution in [3.63, 3.8) is 0 Å². The topological polar surface area (TPSA) is 85.2 Å². The number of rotatable bonds is 3. The van der Waals surface area contributed by atoms with Gasteiger partial charge >= 0.3 is 0 Å². The van der Waals surface area contributed by atoms with Crippen LogP contribution in [0.15, 0.2) is 34.9 Å². The van der Waals surface area contributed by atoms with E-state index in [2.05, 4.69) is 10.1 Å². The average molecular weight is 382 g/mol. The summed E-state index contributed by atoms with van der Waals surface area (Å²) in [4.78, 5) is 19.7. The SMILES string of the molecule is Cc1noc2nc(-c3ccc(F)cc3)cc(C(=O)N3CCCC(C(C)N)C3)c12. The molecule has 0 aliphatic carbocycles. The molecule has 1 fully saturated rings. The second-order valence-corrected chi connectivity index (χ2v) is 7.52. The van der Waals surface area contributed by atoms with Gasteiger partial charge in [0.25, 0.3) is 11.6 Å². The highest BCUT2D eigenvalue weighted by Gasteiger charge is 2.29. The summed E-state index contributed by atoms with van der Waals surface area (Å²) in [6, 6.07) is 7.79. The molecule has 7 heteroatoms. The van der Waals surface area contributed by atoms with Crippen LogP contribution >= 0.6 is 0 Å². The second-order valence-electron chi connectivity index (χ2n) is 7.52. The van der Waals surface area contributed by atoms with Crippen molar-refractivity contribution in [2.75, 3.05) is 13.1 Å². The Labute approximate surface area is 162 Å². The molecule has 3 aromatic rings. The molecule has 2 atom stereocenters. The third-order valence-corrected chi connectivity index (χ3v) is 5.48. The zero-order valence-electron chi connectivity index (χ0n) is 16.0. The van der Waals surface area contributed by atoms with Gasteiger partial charge in [-0.1, -0.05) is 5.16 Å². The van der Waals surface area contributed by atoms with Gasteiger partial charge in [0.15, 0.2) is 0 Å². The highest BCUT2D eigenvalue weighted by molar-refractivity contribution is 6.07. The van der Waals surface area contributed by atoms with Gasteiger partial charge in [0.05, 0.1) is 22.3 Å². The van der Waals surface area contributed by atoms with E-state index in [4.69, 9.17) is 10.3 Å². The number of fused-ring (bicyclic) bond motifs is 1. The predicted octanol–water partition coefficient (Wildman–Crippen LogP) is 3.54. The van der Waals surface area contributed by atoms with Crippen molar-refractivity contribution in [3.05, 3.63) is 47.4 Å². The molecule has 1 aromatic carbocycles. The molecule has 0 spiro atoms. The monoisotopic (exact) mass is 382 g/mol. The van der Waals surface area contributed by atoms with E-state index in [0.717, 1.165) is 12.8 Å². The minimum Gasteiger partial charge on any atom is -0.338 e. The number of carbonyl (C=O) groups excluding carboxylic acids is 1. The van der Waals surface area contributed by atoms with E-state index in [9.17, 15) is 9.18 Å². The van der Waals surface area contributed by atoms with Gasteiger partial charge in [0.1, 0.15) is 5.82 Å². The van der Waals surface area contributed by atoms with Crippen molar-refractivity contribution in [2.45, 2.75) is 32.7 Å². The normalized spacial score (nSPS) is 18.4. The van der Waals surface area contributed by atoms with Gasteiger partial charge in [-0.15, -0.1) is 0 Å². The molecular formula is C21H23FN4O2. The van der Waals surface area contributed by atoms with E-state index >= 15 is 0 Å². The Morgan fingerprint density at radius 3 is 2.82 bits per heavy atom. The van der Waals surface area contributed by atoms with Crippen molar-refractivity contribution >= 4 is 17.0 Å². The number of amides is 1. The molecule has 0 radical (unpaired) electrons. The largest absolute Gasteiger partial charge is 0.338 e. The average Bonchev–Trinajstić information content (AvgIpc) is 3.08. The quantitative estimate of drug-likeness (QED) is 0.749. The summed E-state index contributed by atoms with van der Waals surface area (Å²) in [5.41, 5.74) is 8.77. The molecule has 6 nitrogen and oxygen atoms in total. The molecular weight excluding hydrogens is 359 g/mol. The molecule has 0 bridgehead atoms. The second kappa shape index (κ2) is 7.31. The number of pyridine rings is 1. The lowest BCUT2D eigenvalue weighted by Gasteiger charge is -2.34. The molecule has 1 saturated heterocycles. The van der Waals surface area contributed by atoms with Gasteiger partial charge in [0, 0.05) is 24.7 Å². The number of halogens is 1. The lowest BCUT2D eigenvalue weighted by molar-refractivity contribution is 0.0663. The number of nitrogens with two attached hydrogens (primary N) is 1. The Morgan fingerprint density at radius 2 is 2.11 bits per heavy atom. The van der Waals surface area contributed by atoms with Gasteiger partial charge < -0.3 is 15.2 Å². The molecule has 1 aliphatic rings. The minimum atomic E-state index is -0.327. The number of nitrogens with zero attached hydrogens (tertiary/aromatic N) is 3. The van der Waals surface area contributed by atoms with Gasteiger partial charge in [-0.05, 0) is 62.9 Å². The Morgan fingerprint density at radius 1 is 1.36 bits per heavy atom. The van der Waals surface area contributed by atoms with Crippen molar-refractivity contribution in [1.82, 2.24) is 15.0 Å². The fourth-order valence-corrected chi connectivity index (χ4v) is 3.83. The summed E-state index contributed by atoms with van der Waals surface area (Å²) >= 11 is 0. The zero-order valence-corrected chi connectivity index (χ0v) is 16.0. The Balaban J connectivity index is 1.77. The molecule has 3 heterocycles. The van der Waals surface area contributed by atoms with Crippen molar-refractivity contribution in [2.24, 2.45) is 11.7 Å². The molecule has 4 rings (SSSR count). The fourth-order valence-electron chi connectivity index (χ4n) is 3.83. The van der Waals surface area contributed by atoms with Crippen molar-refractivity contribution in [1.29, 1.82) is 0 Å². The Hall–Kier alpha value is -2.80. The highest BCUT2D eigenvalue weighted by atomic mass is 19.1. The Bertz CT molecular complexity index is 1010. The van der Waals surface area contributed by atoms with Crippen LogP contribution in [0.3, 0.4) is 0 Å². The predicted molar refractivity (Wildman–Crippen MR) is 104 cm³/mol. The van der Waals surface area contributed by atoms with E-state index < -0.39 is 0 Å².